The second kappa shape index (κ2) is 6.88. The van der Waals surface area contributed by atoms with Gasteiger partial charge in [-0.2, -0.15) is 0 Å². The van der Waals surface area contributed by atoms with E-state index in [-0.39, 0.29) is 12.3 Å². The third-order valence-electron chi connectivity index (χ3n) is 3.14. The molecule has 0 fully saturated rings. The fourth-order valence-electron chi connectivity index (χ4n) is 2.00. The van der Waals surface area contributed by atoms with E-state index >= 15 is 0 Å². The average Bonchev–Trinajstić information content (AvgIpc) is 2.49. The number of aromatic hydroxyl groups is 1. The highest BCUT2D eigenvalue weighted by molar-refractivity contribution is 5.80. The van der Waals surface area contributed by atoms with Crippen LogP contribution in [0.3, 0.4) is 0 Å². The predicted molar refractivity (Wildman–Crippen MR) is 78.6 cm³/mol. The number of carbonyl (C=O) groups is 1. The van der Waals surface area contributed by atoms with Crippen molar-refractivity contribution in [3.63, 3.8) is 0 Å². The summed E-state index contributed by atoms with van der Waals surface area (Å²) in [5.74, 6) is -0.376. The van der Waals surface area contributed by atoms with Crippen molar-refractivity contribution in [1.29, 1.82) is 0 Å². The number of hydroxylamine groups is 2. The lowest BCUT2D eigenvalue weighted by Gasteiger charge is -2.19. The molecule has 0 saturated carbocycles. The van der Waals surface area contributed by atoms with Gasteiger partial charge in [0.25, 0.3) is 5.91 Å². The number of nitrogens with zero attached hydrogens (tertiary/aromatic N) is 1. The Labute approximate surface area is 123 Å². The zero-order chi connectivity index (χ0) is 15.2. The molecule has 0 radical (unpaired) electrons. The first-order valence-electron chi connectivity index (χ1n) is 6.64. The second-order valence-electron chi connectivity index (χ2n) is 4.86. The number of phenolic OH excluding ortho intramolecular Hbond substituents is 1. The van der Waals surface area contributed by atoms with E-state index in [1.807, 2.05) is 30.3 Å². The van der Waals surface area contributed by atoms with Crippen molar-refractivity contribution < 1.29 is 15.1 Å². The standard InChI is InChI=1S/C16H18N2O3/c17-15(10-12-6-8-14(19)9-7-12)16(20)18(21)11-13-4-2-1-3-5-13/h1-9,15,19,21H,10-11,17H2/t15-/m0/s1. The molecule has 1 atom stereocenters. The maximum absolute atomic E-state index is 12.0. The Bertz CT molecular complexity index is 584. The van der Waals surface area contributed by atoms with Gasteiger partial charge in [0.05, 0.1) is 12.6 Å². The van der Waals surface area contributed by atoms with E-state index in [0.29, 0.717) is 11.5 Å². The van der Waals surface area contributed by atoms with E-state index in [4.69, 9.17) is 5.73 Å². The van der Waals surface area contributed by atoms with Gasteiger partial charge in [-0.1, -0.05) is 42.5 Å². The summed E-state index contributed by atoms with van der Waals surface area (Å²) < 4.78 is 0. The Balaban J connectivity index is 1.93. The molecule has 0 aliphatic rings. The van der Waals surface area contributed by atoms with Crippen LogP contribution in [0.2, 0.25) is 0 Å². The summed E-state index contributed by atoms with van der Waals surface area (Å²) >= 11 is 0. The molecule has 0 bridgehead atoms. The first kappa shape index (κ1) is 15.0. The van der Waals surface area contributed by atoms with Crippen LogP contribution in [0.25, 0.3) is 0 Å². The highest BCUT2D eigenvalue weighted by atomic mass is 16.5. The molecule has 0 saturated heterocycles. The summed E-state index contributed by atoms with van der Waals surface area (Å²) in [6, 6.07) is 14.8. The number of nitrogens with two attached hydrogens (primary N) is 1. The van der Waals surface area contributed by atoms with Gasteiger partial charge < -0.3 is 10.8 Å². The SMILES string of the molecule is N[C@@H](Cc1ccc(O)cc1)C(=O)N(O)Cc1ccccc1. The number of carbonyl (C=O) groups excluding carboxylic acids is 1. The van der Waals surface area contributed by atoms with Crippen LogP contribution in [0.1, 0.15) is 11.1 Å². The lowest BCUT2D eigenvalue weighted by atomic mass is 10.1. The molecule has 0 aromatic heterocycles. The number of phenols is 1. The van der Waals surface area contributed by atoms with Crippen LogP contribution in [0.15, 0.2) is 54.6 Å². The molecule has 0 heterocycles. The Morgan fingerprint density at radius 2 is 1.67 bits per heavy atom. The van der Waals surface area contributed by atoms with Crippen LogP contribution >= 0.6 is 0 Å². The normalized spacial score (nSPS) is 11.9. The number of hydrogen-bond donors (Lipinski definition) is 3. The van der Waals surface area contributed by atoms with Crippen LogP contribution in [0.4, 0.5) is 0 Å². The van der Waals surface area contributed by atoms with E-state index in [9.17, 15) is 15.1 Å². The third-order valence-corrected chi connectivity index (χ3v) is 3.14. The number of amides is 1. The van der Waals surface area contributed by atoms with E-state index in [2.05, 4.69) is 0 Å². The fourth-order valence-corrected chi connectivity index (χ4v) is 2.00. The lowest BCUT2D eigenvalue weighted by molar-refractivity contribution is -0.169. The first-order valence-corrected chi connectivity index (χ1v) is 6.64. The Kier molecular flexibility index (Phi) is 4.92. The van der Waals surface area contributed by atoms with Gasteiger partial charge in [-0.05, 0) is 29.7 Å². The van der Waals surface area contributed by atoms with Crippen molar-refractivity contribution in [1.82, 2.24) is 5.06 Å². The minimum absolute atomic E-state index is 0.100. The molecule has 0 spiro atoms. The quantitative estimate of drug-likeness (QED) is 0.576. The average molecular weight is 286 g/mol. The first-order chi connectivity index (χ1) is 10.1. The lowest BCUT2D eigenvalue weighted by Crippen LogP contribution is -2.43. The monoisotopic (exact) mass is 286 g/mol. The number of rotatable bonds is 5. The Morgan fingerprint density at radius 1 is 1.05 bits per heavy atom. The molecule has 0 unspecified atom stereocenters. The predicted octanol–water partition coefficient (Wildman–Crippen LogP) is 1.68. The summed E-state index contributed by atoms with van der Waals surface area (Å²) in [6.07, 6.45) is 0.297. The highest BCUT2D eigenvalue weighted by Crippen LogP contribution is 2.12. The zero-order valence-electron chi connectivity index (χ0n) is 11.5. The van der Waals surface area contributed by atoms with Gasteiger partial charge in [-0.25, -0.2) is 5.06 Å². The van der Waals surface area contributed by atoms with Crippen molar-refractivity contribution in [2.24, 2.45) is 5.73 Å². The number of benzene rings is 2. The largest absolute Gasteiger partial charge is 0.508 e. The molecule has 2 rings (SSSR count). The van der Waals surface area contributed by atoms with E-state index in [1.165, 1.54) is 12.1 Å². The molecule has 5 heteroatoms. The summed E-state index contributed by atoms with van der Waals surface area (Å²) in [4.78, 5) is 12.0. The molecule has 2 aromatic rings. The van der Waals surface area contributed by atoms with E-state index in [0.717, 1.165) is 11.1 Å². The van der Waals surface area contributed by atoms with Gasteiger partial charge in [0.15, 0.2) is 0 Å². The highest BCUT2D eigenvalue weighted by Gasteiger charge is 2.20. The van der Waals surface area contributed by atoms with Gasteiger partial charge in [0.2, 0.25) is 0 Å². The summed E-state index contributed by atoms with van der Waals surface area (Å²) in [5.41, 5.74) is 7.47. The van der Waals surface area contributed by atoms with Crippen LogP contribution in [0.5, 0.6) is 5.75 Å². The molecule has 2 aromatic carbocycles. The minimum Gasteiger partial charge on any atom is -0.508 e. The second-order valence-corrected chi connectivity index (χ2v) is 4.86. The van der Waals surface area contributed by atoms with Crippen molar-refractivity contribution in [2.45, 2.75) is 19.0 Å². The molecule has 1 amide bonds. The Morgan fingerprint density at radius 3 is 2.29 bits per heavy atom. The van der Waals surface area contributed by atoms with Crippen LogP contribution < -0.4 is 5.73 Å². The van der Waals surface area contributed by atoms with Crippen molar-refractivity contribution >= 4 is 5.91 Å². The minimum atomic E-state index is -0.830. The maximum Gasteiger partial charge on any atom is 0.263 e. The van der Waals surface area contributed by atoms with Gasteiger partial charge in [0, 0.05) is 0 Å². The smallest absolute Gasteiger partial charge is 0.263 e. The molecular weight excluding hydrogens is 268 g/mol. The van der Waals surface area contributed by atoms with Gasteiger partial charge in [-0.15, -0.1) is 0 Å². The fraction of sp³-hybridized carbons (Fsp3) is 0.188. The molecule has 0 aliphatic carbocycles. The molecular formula is C16H18N2O3. The summed E-state index contributed by atoms with van der Waals surface area (Å²) in [7, 11) is 0. The topological polar surface area (TPSA) is 86.8 Å². The number of hydrogen-bond acceptors (Lipinski definition) is 4. The zero-order valence-corrected chi connectivity index (χ0v) is 11.5. The van der Waals surface area contributed by atoms with Crippen molar-refractivity contribution in [3.05, 3.63) is 65.7 Å². The van der Waals surface area contributed by atoms with Gasteiger partial charge in [0.1, 0.15) is 5.75 Å². The van der Waals surface area contributed by atoms with Crippen molar-refractivity contribution in [3.8, 4) is 5.75 Å². The molecule has 5 nitrogen and oxygen atoms in total. The van der Waals surface area contributed by atoms with Crippen LogP contribution in [-0.2, 0) is 17.8 Å². The third kappa shape index (κ3) is 4.30. The molecule has 4 N–H and O–H groups in total. The van der Waals surface area contributed by atoms with E-state index in [1.54, 1.807) is 12.1 Å². The Hall–Kier alpha value is -2.37. The summed E-state index contributed by atoms with van der Waals surface area (Å²) in [6.45, 7) is 0.100. The van der Waals surface area contributed by atoms with E-state index < -0.39 is 11.9 Å². The van der Waals surface area contributed by atoms with Crippen LogP contribution in [0, 0.1) is 0 Å². The van der Waals surface area contributed by atoms with Crippen LogP contribution in [-0.4, -0.2) is 27.3 Å². The molecule has 110 valence electrons. The maximum atomic E-state index is 12.0. The molecule has 21 heavy (non-hydrogen) atoms. The molecule has 0 aliphatic heterocycles. The summed E-state index contributed by atoms with van der Waals surface area (Å²) in [5, 5.41) is 19.7. The van der Waals surface area contributed by atoms with Gasteiger partial charge in [-0.3, -0.25) is 10.0 Å². The van der Waals surface area contributed by atoms with Gasteiger partial charge >= 0.3 is 0 Å². The van der Waals surface area contributed by atoms with Crippen molar-refractivity contribution in [2.75, 3.05) is 0 Å².